The van der Waals surface area contributed by atoms with E-state index in [9.17, 15) is 0 Å². The van der Waals surface area contributed by atoms with E-state index in [2.05, 4.69) is 13.8 Å². The molecule has 0 saturated carbocycles. The minimum Gasteiger partial charge on any atom is -0.385 e. The van der Waals surface area contributed by atoms with Crippen molar-refractivity contribution in [1.82, 2.24) is 0 Å². The molecule has 1 aliphatic rings. The Bertz CT molecular complexity index is 152. The molecule has 1 rings (SSSR count). The van der Waals surface area contributed by atoms with Gasteiger partial charge in [0.1, 0.15) is 7.85 Å². The molecule has 0 N–H and O–H groups in total. The second-order valence-corrected chi connectivity index (χ2v) is 3.96. The summed E-state index contributed by atoms with van der Waals surface area (Å²) in [6.07, 6.45) is 2.50. The van der Waals surface area contributed by atoms with Crippen molar-refractivity contribution in [2.75, 3.05) is 13.7 Å². The molecule has 0 aromatic rings. The Labute approximate surface area is 82.4 Å². The second-order valence-electron chi connectivity index (χ2n) is 3.96. The monoisotopic (exact) mass is 182 g/mol. The van der Waals surface area contributed by atoms with Gasteiger partial charge in [0, 0.05) is 19.7 Å². The molecule has 0 bridgehead atoms. The molecule has 1 saturated heterocycles. The van der Waals surface area contributed by atoms with Gasteiger partial charge in [-0.15, -0.1) is 0 Å². The average Bonchev–Trinajstić information content (AvgIpc) is 2.32. The molecule has 1 aliphatic heterocycles. The Morgan fingerprint density at radius 3 is 2.54 bits per heavy atom. The maximum atomic E-state index is 5.88. The topological polar surface area (TPSA) is 18.5 Å². The number of hydrogen-bond acceptors (Lipinski definition) is 2. The van der Waals surface area contributed by atoms with Crippen molar-refractivity contribution in [2.45, 2.75) is 38.8 Å². The first kappa shape index (κ1) is 11.1. The van der Waals surface area contributed by atoms with Crippen molar-refractivity contribution in [3.63, 3.8) is 0 Å². The molecule has 2 radical (unpaired) electrons. The van der Waals surface area contributed by atoms with E-state index in [1.807, 2.05) is 0 Å². The summed E-state index contributed by atoms with van der Waals surface area (Å²) in [5, 5.41) is 0. The molecule has 3 unspecified atom stereocenters. The van der Waals surface area contributed by atoms with Gasteiger partial charge in [-0.25, -0.2) is 0 Å². The van der Waals surface area contributed by atoms with Crippen LogP contribution >= 0.6 is 0 Å². The zero-order valence-corrected chi connectivity index (χ0v) is 8.82. The van der Waals surface area contributed by atoms with Crippen molar-refractivity contribution >= 4 is 7.85 Å². The van der Waals surface area contributed by atoms with Crippen LogP contribution in [-0.4, -0.2) is 33.7 Å². The quantitative estimate of drug-likeness (QED) is 0.485. The summed E-state index contributed by atoms with van der Waals surface area (Å²) in [5.41, 5.74) is 0. The molecule has 4 atom stereocenters. The summed E-state index contributed by atoms with van der Waals surface area (Å²) < 4.78 is 10.6. The first-order chi connectivity index (χ1) is 6.16. The fraction of sp³-hybridized carbons (Fsp3) is 1.00. The lowest BCUT2D eigenvalue weighted by atomic mass is 9.78. The molecule has 0 aromatic carbocycles. The van der Waals surface area contributed by atoms with Gasteiger partial charge in [0.05, 0.1) is 6.10 Å². The first-order valence-corrected chi connectivity index (χ1v) is 5.06. The van der Waals surface area contributed by atoms with Crippen molar-refractivity contribution in [2.24, 2.45) is 11.8 Å². The van der Waals surface area contributed by atoms with Crippen LogP contribution in [0.15, 0.2) is 0 Å². The van der Waals surface area contributed by atoms with Gasteiger partial charge < -0.3 is 9.47 Å². The molecule has 2 nitrogen and oxygen atoms in total. The highest BCUT2D eigenvalue weighted by molar-refractivity contribution is 6.11. The Morgan fingerprint density at radius 1 is 1.38 bits per heavy atom. The first-order valence-electron chi connectivity index (χ1n) is 5.06. The lowest BCUT2D eigenvalue weighted by molar-refractivity contribution is 0.0838. The summed E-state index contributed by atoms with van der Waals surface area (Å²) in [7, 11) is 7.61. The molecule has 13 heavy (non-hydrogen) atoms. The third kappa shape index (κ3) is 2.71. The minimum atomic E-state index is -0.0677. The minimum absolute atomic E-state index is 0.0677. The number of methoxy groups -OCH3 is 1. The molecular weight excluding hydrogens is 163 g/mol. The predicted molar refractivity (Wildman–Crippen MR) is 53.9 cm³/mol. The molecule has 0 aliphatic carbocycles. The van der Waals surface area contributed by atoms with Crippen LogP contribution in [0.2, 0.25) is 0 Å². The van der Waals surface area contributed by atoms with E-state index >= 15 is 0 Å². The molecule has 74 valence electrons. The van der Waals surface area contributed by atoms with E-state index in [-0.39, 0.29) is 6.00 Å². The van der Waals surface area contributed by atoms with Crippen molar-refractivity contribution in [3.8, 4) is 0 Å². The molecule has 0 spiro atoms. The molecular formula is C10H19BO2. The van der Waals surface area contributed by atoms with E-state index in [4.69, 9.17) is 17.3 Å². The van der Waals surface area contributed by atoms with Crippen molar-refractivity contribution in [3.05, 3.63) is 0 Å². The van der Waals surface area contributed by atoms with Gasteiger partial charge in [0.25, 0.3) is 0 Å². The fourth-order valence-corrected chi connectivity index (χ4v) is 2.01. The van der Waals surface area contributed by atoms with E-state index in [1.54, 1.807) is 7.11 Å². The third-order valence-electron chi connectivity index (χ3n) is 3.10. The van der Waals surface area contributed by atoms with Crippen molar-refractivity contribution in [1.29, 1.82) is 0 Å². The van der Waals surface area contributed by atoms with E-state index in [0.717, 1.165) is 19.4 Å². The zero-order chi connectivity index (χ0) is 9.84. The molecule has 0 amide bonds. The van der Waals surface area contributed by atoms with Gasteiger partial charge in [0.2, 0.25) is 0 Å². The second kappa shape index (κ2) is 5.01. The van der Waals surface area contributed by atoms with Gasteiger partial charge in [-0.3, -0.25) is 0 Å². The van der Waals surface area contributed by atoms with Crippen LogP contribution < -0.4 is 0 Å². The van der Waals surface area contributed by atoms with Gasteiger partial charge in [0.15, 0.2) is 0 Å². The van der Waals surface area contributed by atoms with Crippen LogP contribution in [0.4, 0.5) is 0 Å². The van der Waals surface area contributed by atoms with Crippen LogP contribution in [0, 0.1) is 11.8 Å². The van der Waals surface area contributed by atoms with Crippen LogP contribution in [0.5, 0.6) is 0 Å². The van der Waals surface area contributed by atoms with Gasteiger partial charge in [-0.05, 0) is 31.6 Å². The zero-order valence-electron chi connectivity index (χ0n) is 8.82. The standard InChI is InChI=1S/C10H19BO2/c1-7-8(2)13-10(11)9(7)5-4-6-12-3/h7-10H,4-6H2,1-3H3/t7?,8?,9-,10?/m1/s1. The number of hydrogen-bond donors (Lipinski definition) is 0. The van der Waals surface area contributed by atoms with Gasteiger partial charge in [-0.2, -0.15) is 0 Å². The predicted octanol–water partition coefficient (Wildman–Crippen LogP) is 1.58. The van der Waals surface area contributed by atoms with E-state index in [0.29, 0.717) is 17.9 Å². The normalized spacial score (nSPS) is 39.6. The highest BCUT2D eigenvalue weighted by Crippen LogP contribution is 2.33. The SMILES string of the molecule is [B]C1OC(C)C(C)[C@H]1CCCOC. The Morgan fingerprint density at radius 2 is 2.08 bits per heavy atom. The average molecular weight is 182 g/mol. The Kier molecular flexibility index (Phi) is 4.27. The highest BCUT2D eigenvalue weighted by atomic mass is 16.5. The molecule has 1 heterocycles. The fourth-order valence-electron chi connectivity index (χ4n) is 2.01. The van der Waals surface area contributed by atoms with Crippen LogP contribution in [0.1, 0.15) is 26.7 Å². The van der Waals surface area contributed by atoms with Crippen molar-refractivity contribution < 1.29 is 9.47 Å². The largest absolute Gasteiger partial charge is 0.385 e. The summed E-state index contributed by atoms with van der Waals surface area (Å²) in [6.45, 7) is 5.14. The number of rotatable bonds is 4. The Hall–Kier alpha value is -0.0151. The van der Waals surface area contributed by atoms with Crippen LogP contribution in [-0.2, 0) is 9.47 Å². The lowest BCUT2D eigenvalue weighted by Crippen LogP contribution is -2.20. The van der Waals surface area contributed by atoms with Crippen LogP contribution in [0.3, 0.4) is 0 Å². The van der Waals surface area contributed by atoms with E-state index in [1.165, 1.54) is 0 Å². The third-order valence-corrected chi connectivity index (χ3v) is 3.10. The lowest BCUT2D eigenvalue weighted by Gasteiger charge is -2.18. The summed E-state index contributed by atoms with van der Waals surface area (Å²) in [6, 6.07) is -0.0677. The highest BCUT2D eigenvalue weighted by Gasteiger charge is 2.35. The summed E-state index contributed by atoms with van der Waals surface area (Å²) in [5.74, 6) is 1.08. The molecule has 0 aromatic heterocycles. The maximum Gasteiger partial charge on any atom is 0.109 e. The summed E-state index contributed by atoms with van der Waals surface area (Å²) in [4.78, 5) is 0. The smallest absolute Gasteiger partial charge is 0.109 e. The molecule has 3 heteroatoms. The molecule has 1 fully saturated rings. The van der Waals surface area contributed by atoms with Gasteiger partial charge in [-0.1, -0.05) is 6.92 Å². The Balaban J connectivity index is 2.31. The maximum absolute atomic E-state index is 5.88. The van der Waals surface area contributed by atoms with Gasteiger partial charge >= 0.3 is 0 Å². The van der Waals surface area contributed by atoms with Crippen LogP contribution in [0.25, 0.3) is 0 Å². The number of ether oxygens (including phenoxy) is 2. The summed E-state index contributed by atoms with van der Waals surface area (Å²) >= 11 is 0. The van der Waals surface area contributed by atoms with E-state index < -0.39 is 0 Å².